The molecular formula is C35H41N3O3S. The lowest BCUT2D eigenvalue weighted by atomic mass is 9.85. The van der Waals surface area contributed by atoms with Gasteiger partial charge in [0.1, 0.15) is 0 Å². The predicted molar refractivity (Wildman–Crippen MR) is 168 cm³/mol. The van der Waals surface area contributed by atoms with Crippen LogP contribution in [0.25, 0.3) is 0 Å². The third kappa shape index (κ3) is 7.44. The Kier molecular flexibility index (Phi) is 10.0. The molecule has 1 saturated heterocycles. The first-order valence-corrected chi connectivity index (χ1v) is 16.0. The fraction of sp³-hybridized carbons (Fsp3) is 0.400. The van der Waals surface area contributed by atoms with Gasteiger partial charge >= 0.3 is 0 Å². The Morgan fingerprint density at radius 3 is 2.62 bits per heavy atom. The molecule has 42 heavy (non-hydrogen) atoms. The van der Waals surface area contributed by atoms with Gasteiger partial charge in [0.05, 0.1) is 18.3 Å². The number of aliphatic hydroxyl groups is 1. The van der Waals surface area contributed by atoms with Crippen molar-refractivity contribution in [2.75, 3.05) is 6.54 Å². The summed E-state index contributed by atoms with van der Waals surface area (Å²) in [5, 5.41) is 17.7. The fourth-order valence-electron chi connectivity index (χ4n) is 6.10. The number of Topliss-reactive ketones (excluding diaryl/α,β-unsaturated/α-hetero) is 1. The molecule has 5 rings (SSSR count). The first kappa shape index (κ1) is 29.9. The second-order valence-corrected chi connectivity index (χ2v) is 12.5. The summed E-state index contributed by atoms with van der Waals surface area (Å²) in [6.45, 7) is 5.56. The minimum Gasteiger partial charge on any atom is -0.393 e. The summed E-state index contributed by atoms with van der Waals surface area (Å²) in [7, 11) is 0. The average molecular weight is 584 g/mol. The normalized spacial score (nSPS) is 16.5. The Balaban J connectivity index is 1.29. The molecule has 2 aromatic heterocycles. The highest BCUT2D eigenvalue weighted by molar-refractivity contribution is 7.10. The van der Waals surface area contributed by atoms with E-state index >= 15 is 0 Å². The standard InChI is InChI=1S/C35H41N3O3S/c1-3-37-24-27(23-36-37)12-7-14-32(39)29(20-26-10-5-4-6-11-26)22-33(40)28-18-25(2)19-30(21-28)35(41)38-16-8-13-31(38)34-15-9-17-42-34/h4-6,9-11,15,17-19,21,23-24,29,31-32,39H,3,7-8,12-14,16,20,22H2,1-2H3/t29-,31?,32-/m1/s1. The van der Waals surface area contributed by atoms with Crippen LogP contribution in [0.4, 0.5) is 0 Å². The van der Waals surface area contributed by atoms with Crippen LogP contribution in [-0.4, -0.2) is 44.1 Å². The van der Waals surface area contributed by atoms with E-state index in [0.29, 0.717) is 24.0 Å². The molecule has 1 unspecified atom stereocenters. The molecule has 220 valence electrons. The lowest BCUT2D eigenvalue weighted by Gasteiger charge is -2.25. The molecule has 1 aliphatic rings. The molecule has 1 fully saturated rings. The van der Waals surface area contributed by atoms with Crippen LogP contribution in [0, 0.1) is 12.8 Å². The van der Waals surface area contributed by atoms with Crippen molar-refractivity contribution in [1.82, 2.24) is 14.7 Å². The molecule has 3 atom stereocenters. The lowest BCUT2D eigenvalue weighted by molar-refractivity contribution is 0.0736. The number of aryl methyl sites for hydroxylation is 3. The van der Waals surface area contributed by atoms with Crippen molar-refractivity contribution < 1.29 is 14.7 Å². The van der Waals surface area contributed by atoms with Gasteiger partial charge in [-0.25, -0.2) is 0 Å². The Morgan fingerprint density at radius 1 is 1.07 bits per heavy atom. The molecule has 2 aromatic carbocycles. The maximum absolute atomic E-state index is 13.7. The molecule has 0 saturated carbocycles. The number of likely N-dealkylation sites (tertiary alicyclic amines) is 1. The van der Waals surface area contributed by atoms with Crippen molar-refractivity contribution >= 4 is 23.0 Å². The van der Waals surface area contributed by atoms with Crippen LogP contribution in [-0.2, 0) is 19.4 Å². The van der Waals surface area contributed by atoms with E-state index in [9.17, 15) is 14.7 Å². The molecule has 6 nitrogen and oxygen atoms in total. The number of rotatable bonds is 13. The van der Waals surface area contributed by atoms with E-state index in [1.807, 2.05) is 71.2 Å². The molecule has 0 radical (unpaired) electrons. The number of hydrogen-bond donors (Lipinski definition) is 1. The fourth-order valence-corrected chi connectivity index (χ4v) is 6.97. The highest BCUT2D eigenvalue weighted by Crippen LogP contribution is 2.35. The van der Waals surface area contributed by atoms with E-state index in [4.69, 9.17) is 0 Å². The van der Waals surface area contributed by atoms with Gasteiger partial charge in [0.15, 0.2) is 5.78 Å². The van der Waals surface area contributed by atoms with Gasteiger partial charge < -0.3 is 10.0 Å². The maximum Gasteiger partial charge on any atom is 0.254 e. The number of carbonyl (C=O) groups is 2. The molecule has 7 heteroatoms. The molecule has 1 aliphatic heterocycles. The summed E-state index contributed by atoms with van der Waals surface area (Å²) in [5.41, 5.74) is 4.27. The van der Waals surface area contributed by atoms with Crippen molar-refractivity contribution in [3.63, 3.8) is 0 Å². The topological polar surface area (TPSA) is 75.4 Å². The zero-order chi connectivity index (χ0) is 29.5. The first-order chi connectivity index (χ1) is 20.4. The maximum atomic E-state index is 13.7. The van der Waals surface area contributed by atoms with E-state index < -0.39 is 6.10 Å². The van der Waals surface area contributed by atoms with Crippen molar-refractivity contribution in [3.05, 3.63) is 111 Å². The minimum atomic E-state index is -0.613. The second kappa shape index (κ2) is 14.1. The second-order valence-electron chi connectivity index (χ2n) is 11.5. The van der Waals surface area contributed by atoms with Crippen LogP contribution in [0.5, 0.6) is 0 Å². The van der Waals surface area contributed by atoms with E-state index in [1.54, 1.807) is 17.4 Å². The van der Waals surface area contributed by atoms with Crippen molar-refractivity contribution in [1.29, 1.82) is 0 Å². The smallest absolute Gasteiger partial charge is 0.254 e. The van der Waals surface area contributed by atoms with Gasteiger partial charge in [0, 0.05) is 41.7 Å². The number of thiophene rings is 1. The molecule has 1 amide bonds. The summed E-state index contributed by atoms with van der Waals surface area (Å²) in [4.78, 5) is 30.6. The summed E-state index contributed by atoms with van der Waals surface area (Å²) in [6.07, 6.45) is 8.39. The van der Waals surface area contributed by atoms with Gasteiger partial charge in [-0.15, -0.1) is 11.3 Å². The van der Waals surface area contributed by atoms with Gasteiger partial charge in [-0.05, 0) is 105 Å². The van der Waals surface area contributed by atoms with Gasteiger partial charge in [0.2, 0.25) is 0 Å². The lowest BCUT2D eigenvalue weighted by Crippen LogP contribution is -2.30. The predicted octanol–water partition coefficient (Wildman–Crippen LogP) is 7.07. The van der Waals surface area contributed by atoms with E-state index in [0.717, 1.165) is 55.5 Å². The molecule has 1 N–H and O–H groups in total. The number of aliphatic hydroxyl groups excluding tert-OH is 1. The average Bonchev–Trinajstić information content (AvgIpc) is 3.78. The van der Waals surface area contributed by atoms with Crippen LogP contribution in [0.2, 0.25) is 0 Å². The van der Waals surface area contributed by atoms with Crippen LogP contribution in [0.3, 0.4) is 0 Å². The van der Waals surface area contributed by atoms with Gasteiger partial charge in [-0.3, -0.25) is 14.3 Å². The zero-order valence-corrected chi connectivity index (χ0v) is 25.4. The third-order valence-electron chi connectivity index (χ3n) is 8.34. The monoisotopic (exact) mass is 583 g/mol. The zero-order valence-electron chi connectivity index (χ0n) is 24.6. The minimum absolute atomic E-state index is 0.0177. The highest BCUT2D eigenvalue weighted by Gasteiger charge is 2.32. The van der Waals surface area contributed by atoms with Crippen LogP contribution in [0.15, 0.2) is 78.4 Å². The molecule has 0 spiro atoms. The quantitative estimate of drug-likeness (QED) is 0.171. The van der Waals surface area contributed by atoms with Crippen molar-refractivity contribution in [3.8, 4) is 0 Å². The Bertz CT molecular complexity index is 1460. The number of nitrogens with zero attached hydrogens (tertiary/aromatic N) is 3. The van der Waals surface area contributed by atoms with E-state index in [-0.39, 0.29) is 30.1 Å². The number of hydrogen-bond acceptors (Lipinski definition) is 5. The highest BCUT2D eigenvalue weighted by atomic mass is 32.1. The van der Waals surface area contributed by atoms with Crippen LogP contribution < -0.4 is 0 Å². The molecule has 4 aromatic rings. The molecule has 0 aliphatic carbocycles. The Hall–Kier alpha value is -3.55. The Labute approximate surface area is 253 Å². The van der Waals surface area contributed by atoms with Gasteiger partial charge in [-0.2, -0.15) is 5.10 Å². The summed E-state index contributed by atoms with van der Waals surface area (Å²) in [6, 6.07) is 19.8. The summed E-state index contributed by atoms with van der Waals surface area (Å²) in [5.74, 6) is -0.274. The third-order valence-corrected chi connectivity index (χ3v) is 9.31. The van der Waals surface area contributed by atoms with Crippen molar-refractivity contribution in [2.45, 2.75) is 77.5 Å². The molecule has 0 bridgehead atoms. The van der Waals surface area contributed by atoms with E-state index in [2.05, 4.69) is 29.7 Å². The number of carbonyl (C=O) groups excluding carboxylic acids is 2. The molecule has 3 heterocycles. The Morgan fingerprint density at radius 2 is 1.88 bits per heavy atom. The number of aromatic nitrogens is 2. The van der Waals surface area contributed by atoms with E-state index in [1.165, 1.54) is 4.88 Å². The number of ketones is 1. The SMILES string of the molecule is CCn1cc(CCC[C@@H](O)[C@@H](CC(=O)c2cc(C)cc(C(=O)N3CCCC3c3cccs3)c2)Cc2ccccc2)cn1. The summed E-state index contributed by atoms with van der Waals surface area (Å²) < 4.78 is 1.91. The number of amides is 1. The largest absolute Gasteiger partial charge is 0.393 e. The van der Waals surface area contributed by atoms with Gasteiger partial charge in [0.25, 0.3) is 5.91 Å². The first-order valence-electron chi connectivity index (χ1n) is 15.1. The van der Waals surface area contributed by atoms with Crippen LogP contribution >= 0.6 is 11.3 Å². The van der Waals surface area contributed by atoms with Crippen molar-refractivity contribution in [2.24, 2.45) is 5.92 Å². The molecular weight excluding hydrogens is 542 g/mol. The van der Waals surface area contributed by atoms with Gasteiger partial charge in [-0.1, -0.05) is 36.4 Å². The summed E-state index contributed by atoms with van der Waals surface area (Å²) >= 11 is 1.69. The van der Waals surface area contributed by atoms with Crippen LogP contribution in [0.1, 0.15) is 87.4 Å². The number of benzene rings is 2.